The van der Waals surface area contributed by atoms with Crippen molar-refractivity contribution in [3.05, 3.63) is 130 Å². The number of hydrogen-bond donors (Lipinski definition) is 4. The summed E-state index contributed by atoms with van der Waals surface area (Å²) in [7, 11) is -12.8. The monoisotopic (exact) mass is 1000 g/mol. The minimum absolute atomic E-state index is 0.186. The van der Waals surface area contributed by atoms with Crippen LogP contribution in [0, 0.1) is 0 Å². The fraction of sp³-hybridized carbons (Fsp3) is 0.370. The Bertz CT molecular complexity index is 2890. The summed E-state index contributed by atoms with van der Waals surface area (Å²) in [4.78, 5) is 6.50. The van der Waals surface area contributed by atoms with Gasteiger partial charge < -0.3 is 9.64 Å². The molecule has 0 amide bonds. The molecule has 0 bridgehead atoms. The lowest BCUT2D eigenvalue weighted by Gasteiger charge is -2.27. The Labute approximate surface area is 396 Å². The van der Waals surface area contributed by atoms with Crippen LogP contribution in [0.1, 0.15) is 95.8 Å². The Morgan fingerprint density at radius 1 is 0.818 bits per heavy atom. The summed E-state index contributed by atoms with van der Waals surface area (Å²) in [5.74, 6) is 0.394. The first-order valence-corrected chi connectivity index (χ1v) is 26.9. The van der Waals surface area contributed by atoms with E-state index in [1.54, 1.807) is 30.3 Å². The third kappa shape index (κ3) is 12.4. The fourth-order valence-corrected chi connectivity index (χ4v) is 11.0. The van der Waals surface area contributed by atoms with Crippen LogP contribution in [-0.2, 0) is 50.6 Å². The first-order chi connectivity index (χ1) is 31.0. The van der Waals surface area contributed by atoms with Gasteiger partial charge in [-0.05, 0) is 163 Å². The van der Waals surface area contributed by atoms with Gasteiger partial charge in [0.2, 0.25) is 0 Å². The van der Waals surface area contributed by atoms with E-state index in [1.807, 2.05) is 55.2 Å². The number of anilines is 1. The van der Waals surface area contributed by atoms with Gasteiger partial charge in [0.15, 0.2) is 0 Å². The average molecular weight is 1000 g/mol. The van der Waals surface area contributed by atoms with E-state index in [0.29, 0.717) is 72.0 Å². The van der Waals surface area contributed by atoms with Crippen LogP contribution in [0.3, 0.4) is 0 Å². The number of benzene rings is 3. The minimum atomic E-state index is -4.52. The smallest absolute Gasteiger partial charge is 0.294 e. The number of nitrogens with zero attached hydrogens (tertiary/aromatic N) is 2. The maximum Gasteiger partial charge on any atom is 0.294 e. The SMILES string of the molecule is CC1(C)C(/C=C/C2=C(Oc3ccc(N=C=S)cc3)C(=C/C=C3/N(CCCCS(=O)(=O)O)c4ccc(S(=O)(=O)O)cc4C3(C)C)/CCC2)=C(CCCCS(=O)(=O)O)c2ccc(SOOO)cc21. The number of aliphatic imine (C=N–C) groups is 1. The minimum Gasteiger partial charge on any atom is -0.457 e. The molecule has 20 heteroatoms. The van der Waals surface area contributed by atoms with Gasteiger partial charge in [0, 0.05) is 33.7 Å². The first kappa shape index (κ1) is 51.1. The van der Waals surface area contributed by atoms with Crippen LogP contribution in [0.5, 0.6) is 5.75 Å². The second kappa shape index (κ2) is 20.9. The molecule has 0 fully saturated rings. The van der Waals surface area contributed by atoms with Gasteiger partial charge in [-0.3, -0.25) is 13.7 Å². The highest BCUT2D eigenvalue weighted by atomic mass is 32.2. The Morgan fingerprint density at radius 2 is 1.52 bits per heavy atom. The molecule has 3 aliphatic rings. The molecule has 0 saturated heterocycles. The normalized spacial score (nSPS) is 18.3. The molecule has 0 atom stereocenters. The maximum atomic E-state index is 12.3. The van der Waals surface area contributed by atoms with E-state index in [1.165, 1.54) is 12.1 Å². The molecular formula is C46H52N2O13S5. The summed E-state index contributed by atoms with van der Waals surface area (Å²) < 4.78 is 111. The molecule has 0 aromatic heterocycles. The molecule has 0 radical (unpaired) electrons. The standard InChI is InChI=1S/C46H52N2O13S5/c1-45(2)39(37(12-5-7-26-64(50,51)52)38-21-19-35(28-40(38)45)63-61-60-49)22-13-31-10-9-11-32(44(31)59-34-17-15-33(16-18-34)47-30-62)14-24-43-46(3,4)41-29-36(66(56,57)58)20-23-42(41)48(43)25-6-8-27-65(53,54)55/h13-24,28-29,49H,5-12,25-27H2,1-4H3,(H,50,51,52)(H,53,54,55)(H,56,57,58)/b22-13+,32-14+,43-24+. The summed E-state index contributed by atoms with van der Waals surface area (Å²) in [5, 5.41) is 15.0. The highest BCUT2D eigenvalue weighted by molar-refractivity contribution is 7.94. The van der Waals surface area contributed by atoms with Crippen molar-refractivity contribution in [2.24, 2.45) is 4.99 Å². The van der Waals surface area contributed by atoms with Crippen LogP contribution in [0.2, 0.25) is 0 Å². The van der Waals surface area contributed by atoms with Gasteiger partial charge >= 0.3 is 0 Å². The highest BCUT2D eigenvalue weighted by Crippen LogP contribution is 2.51. The summed E-state index contributed by atoms with van der Waals surface area (Å²) >= 11 is 5.65. The van der Waals surface area contributed by atoms with Gasteiger partial charge in [0.1, 0.15) is 11.5 Å². The lowest BCUT2D eigenvalue weighted by atomic mass is 9.80. The average Bonchev–Trinajstić information content (AvgIpc) is 3.58. The van der Waals surface area contributed by atoms with E-state index in [4.69, 9.17) is 26.5 Å². The van der Waals surface area contributed by atoms with E-state index >= 15 is 0 Å². The largest absolute Gasteiger partial charge is 0.457 e. The zero-order chi connectivity index (χ0) is 48.1. The zero-order valence-corrected chi connectivity index (χ0v) is 40.8. The van der Waals surface area contributed by atoms with Crippen LogP contribution in [0.15, 0.2) is 128 Å². The van der Waals surface area contributed by atoms with Crippen LogP contribution < -0.4 is 9.64 Å². The van der Waals surface area contributed by atoms with E-state index in [0.717, 1.165) is 57.6 Å². The first-order valence-electron chi connectivity index (χ1n) is 21.1. The van der Waals surface area contributed by atoms with Gasteiger partial charge in [-0.15, -0.1) is 4.33 Å². The lowest BCUT2D eigenvalue weighted by molar-refractivity contribution is -0.432. The molecule has 66 heavy (non-hydrogen) atoms. The van der Waals surface area contributed by atoms with Crippen LogP contribution in [0.4, 0.5) is 11.4 Å². The fourth-order valence-electron chi connectivity index (χ4n) is 8.83. The quantitative estimate of drug-likeness (QED) is 0.0157. The third-order valence-electron chi connectivity index (χ3n) is 12.0. The van der Waals surface area contributed by atoms with E-state index in [9.17, 15) is 38.9 Å². The molecule has 0 spiro atoms. The topological polar surface area (TPSA) is 227 Å². The Morgan fingerprint density at radius 3 is 2.17 bits per heavy atom. The molecule has 0 unspecified atom stereocenters. The van der Waals surface area contributed by atoms with Gasteiger partial charge in [-0.25, -0.2) is 5.26 Å². The van der Waals surface area contributed by atoms with Gasteiger partial charge in [-0.1, -0.05) is 57.0 Å². The third-order valence-corrected chi connectivity index (χ3v) is 15.1. The second-order valence-corrected chi connectivity index (χ2v) is 22.7. The van der Waals surface area contributed by atoms with E-state index in [2.05, 4.69) is 35.1 Å². The van der Waals surface area contributed by atoms with Crippen LogP contribution >= 0.6 is 24.3 Å². The van der Waals surface area contributed by atoms with Crippen LogP contribution in [-0.4, -0.2) is 67.4 Å². The number of isothiocyanates is 1. The Hall–Kier alpha value is -4.28. The molecule has 1 aliphatic heterocycles. The van der Waals surface area contributed by atoms with Crippen LogP contribution in [0.25, 0.3) is 5.57 Å². The maximum absolute atomic E-state index is 12.3. The molecule has 3 aromatic rings. The molecule has 0 saturated carbocycles. The number of fused-ring (bicyclic) bond motifs is 2. The molecule has 15 nitrogen and oxygen atoms in total. The summed E-state index contributed by atoms with van der Waals surface area (Å²) in [5.41, 5.74) is 7.17. The van der Waals surface area contributed by atoms with Crippen molar-refractivity contribution in [3.63, 3.8) is 0 Å². The Kier molecular flexibility index (Phi) is 16.2. The number of hydrogen-bond acceptors (Lipinski definition) is 14. The van der Waals surface area contributed by atoms with Crippen molar-refractivity contribution < 1.29 is 58.3 Å². The second-order valence-electron chi connectivity index (χ2n) is 17.2. The van der Waals surface area contributed by atoms with Crippen molar-refractivity contribution in [3.8, 4) is 5.75 Å². The summed E-state index contributed by atoms with van der Waals surface area (Å²) in [6, 6.07) is 17.3. The molecule has 4 N–H and O–H groups in total. The number of ether oxygens (including phenoxy) is 1. The van der Waals surface area contributed by atoms with Gasteiger partial charge in [0.25, 0.3) is 30.4 Å². The number of unbranched alkanes of at least 4 members (excludes halogenated alkanes) is 2. The molecule has 1 heterocycles. The highest BCUT2D eigenvalue weighted by Gasteiger charge is 2.41. The summed E-state index contributed by atoms with van der Waals surface area (Å²) in [6.45, 7) is 8.43. The molecule has 3 aromatic carbocycles. The van der Waals surface area contributed by atoms with Crippen molar-refractivity contribution in [1.82, 2.24) is 0 Å². The number of thiocarbonyl (C=S) groups is 1. The van der Waals surface area contributed by atoms with E-state index in [-0.39, 0.29) is 23.5 Å². The summed E-state index contributed by atoms with van der Waals surface area (Å²) in [6.07, 6.45) is 12.0. The van der Waals surface area contributed by atoms with Gasteiger partial charge in [-0.2, -0.15) is 30.2 Å². The van der Waals surface area contributed by atoms with E-state index < -0.39 is 46.9 Å². The zero-order valence-electron chi connectivity index (χ0n) is 36.8. The Balaban J connectivity index is 1.46. The molecule has 2 aliphatic carbocycles. The van der Waals surface area contributed by atoms with Crippen molar-refractivity contribution in [1.29, 1.82) is 0 Å². The number of rotatable bonds is 20. The van der Waals surface area contributed by atoms with Crippen molar-refractivity contribution >= 4 is 76.7 Å². The molecular weight excluding hydrogens is 949 g/mol. The predicted octanol–water partition coefficient (Wildman–Crippen LogP) is 10.5. The molecule has 6 rings (SSSR count). The van der Waals surface area contributed by atoms with Crippen molar-refractivity contribution in [2.75, 3.05) is 23.0 Å². The van der Waals surface area contributed by atoms with Gasteiger partial charge in [0.05, 0.1) is 39.3 Å². The van der Waals surface area contributed by atoms with Crippen molar-refractivity contribution in [2.45, 2.75) is 99.7 Å². The number of allylic oxidation sites excluding steroid dienone is 9. The lowest BCUT2D eigenvalue weighted by Crippen LogP contribution is -2.27. The molecule has 354 valence electrons. The predicted molar refractivity (Wildman–Crippen MR) is 258 cm³/mol.